The van der Waals surface area contributed by atoms with Crippen LogP contribution in [0.3, 0.4) is 0 Å². The summed E-state index contributed by atoms with van der Waals surface area (Å²) < 4.78 is 5.10. The normalized spacial score (nSPS) is 11.1. The number of fused-ring (bicyclic) bond motifs is 3. The number of nitrogens with one attached hydrogen (secondary N) is 1. The molecule has 0 aliphatic carbocycles. The summed E-state index contributed by atoms with van der Waals surface area (Å²) in [6, 6.07) is 9.64. The largest absolute Gasteiger partial charge is 0.462 e. The highest BCUT2D eigenvalue weighted by Gasteiger charge is 2.16. The van der Waals surface area contributed by atoms with Gasteiger partial charge in [0.05, 0.1) is 23.2 Å². The molecular formula is C15H14N2O2. The number of H-pyrrole nitrogens is 1. The molecule has 2 aromatic heterocycles. The molecule has 0 aliphatic heterocycles. The van der Waals surface area contributed by atoms with Crippen molar-refractivity contribution in [3.8, 4) is 0 Å². The monoisotopic (exact) mass is 254 g/mol. The second-order valence-electron chi connectivity index (χ2n) is 4.43. The predicted molar refractivity (Wildman–Crippen MR) is 74.3 cm³/mol. The van der Waals surface area contributed by atoms with E-state index in [0.717, 1.165) is 27.6 Å². The average Bonchev–Trinajstić information content (AvgIpc) is 2.77. The van der Waals surface area contributed by atoms with Gasteiger partial charge in [0.2, 0.25) is 0 Å². The summed E-state index contributed by atoms with van der Waals surface area (Å²) in [5.41, 5.74) is 3.88. The molecule has 4 nitrogen and oxygen atoms in total. The maximum Gasteiger partial charge on any atom is 0.340 e. The zero-order valence-corrected chi connectivity index (χ0v) is 10.9. The lowest BCUT2D eigenvalue weighted by Gasteiger charge is -2.04. The average molecular weight is 254 g/mol. The smallest absolute Gasteiger partial charge is 0.340 e. The molecule has 19 heavy (non-hydrogen) atoms. The zero-order chi connectivity index (χ0) is 13.4. The van der Waals surface area contributed by atoms with Crippen LogP contribution in [0.15, 0.2) is 30.3 Å². The topological polar surface area (TPSA) is 55.0 Å². The highest BCUT2D eigenvalue weighted by molar-refractivity contribution is 6.12. The molecule has 0 radical (unpaired) electrons. The summed E-state index contributed by atoms with van der Waals surface area (Å²) in [7, 11) is 0. The molecule has 0 aliphatic rings. The van der Waals surface area contributed by atoms with Gasteiger partial charge in [-0.05, 0) is 26.0 Å². The zero-order valence-electron chi connectivity index (χ0n) is 10.9. The second-order valence-corrected chi connectivity index (χ2v) is 4.43. The number of aryl methyl sites for hydroxylation is 1. The summed E-state index contributed by atoms with van der Waals surface area (Å²) in [4.78, 5) is 19.8. The van der Waals surface area contributed by atoms with E-state index in [1.807, 2.05) is 31.2 Å². The molecule has 0 unspecified atom stereocenters. The van der Waals surface area contributed by atoms with Crippen LogP contribution < -0.4 is 0 Å². The molecule has 0 bridgehead atoms. The molecule has 4 heteroatoms. The summed E-state index contributed by atoms with van der Waals surface area (Å²) in [5, 5.41) is 1.02. The fourth-order valence-electron chi connectivity index (χ4n) is 2.30. The van der Waals surface area contributed by atoms with Crippen LogP contribution in [0.25, 0.3) is 21.9 Å². The molecule has 3 aromatic rings. The van der Waals surface area contributed by atoms with Gasteiger partial charge >= 0.3 is 5.97 Å². The number of carbonyl (C=O) groups is 1. The van der Waals surface area contributed by atoms with Gasteiger partial charge in [-0.2, -0.15) is 0 Å². The number of nitrogens with zero attached hydrogens (tertiary/aromatic N) is 1. The van der Waals surface area contributed by atoms with Crippen LogP contribution in [0.5, 0.6) is 0 Å². The number of aromatic amines is 1. The first-order chi connectivity index (χ1) is 9.20. The van der Waals surface area contributed by atoms with E-state index in [1.54, 1.807) is 13.0 Å². The van der Waals surface area contributed by atoms with E-state index in [0.29, 0.717) is 12.2 Å². The van der Waals surface area contributed by atoms with Crippen molar-refractivity contribution in [1.82, 2.24) is 9.97 Å². The molecule has 0 fully saturated rings. The summed E-state index contributed by atoms with van der Waals surface area (Å²) in [6.07, 6.45) is 0. The van der Waals surface area contributed by atoms with Gasteiger partial charge in [-0.3, -0.25) is 4.98 Å². The first kappa shape index (κ1) is 11.7. The van der Waals surface area contributed by atoms with Crippen molar-refractivity contribution in [2.45, 2.75) is 13.8 Å². The highest BCUT2D eigenvalue weighted by Crippen LogP contribution is 2.26. The number of esters is 1. The molecule has 0 amide bonds. The van der Waals surface area contributed by atoms with Crippen LogP contribution in [0.4, 0.5) is 0 Å². The molecule has 0 atom stereocenters. The number of hydrogen-bond donors (Lipinski definition) is 1. The van der Waals surface area contributed by atoms with Gasteiger partial charge in [0.1, 0.15) is 0 Å². The van der Waals surface area contributed by atoms with E-state index >= 15 is 0 Å². The molecular weight excluding hydrogens is 240 g/mol. The summed E-state index contributed by atoms with van der Waals surface area (Å²) in [6.45, 7) is 4.04. The molecule has 1 aromatic carbocycles. The Labute approximate surface area is 110 Å². The van der Waals surface area contributed by atoms with Crippen LogP contribution in [0, 0.1) is 6.92 Å². The maximum absolute atomic E-state index is 12.0. The van der Waals surface area contributed by atoms with E-state index in [2.05, 4.69) is 9.97 Å². The number of benzene rings is 1. The Hall–Kier alpha value is -2.36. The maximum atomic E-state index is 12.0. The predicted octanol–water partition coefficient (Wildman–Crippen LogP) is 3.20. The third kappa shape index (κ3) is 1.85. The van der Waals surface area contributed by atoms with Gasteiger partial charge < -0.3 is 9.72 Å². The van der Waals surface area contributed by atoms with Gasteiger partial charge in [-0.1, -0.05) is 18.2 Å². The quantitative estimate of drug-likeness (QED) is 0.714. The van der Waals surface area contributed by atoms with Crippen molar-refractivity contribution in [2.75, 3.05) is 6.61 Å². The summed E-state index contributed by atoms with van der Waals surface area (Å²) >= 11 is 0. The van der Waals surface area contributed by atoms with E-state index in [4.69, 9.17) is 4.74 Å². The number of aromatic nitrogens is 2. The molecule has 0 saturated heterocycles. The van der Waals surface area contributed by atoms with Gasteiger partial charge in [0.15, 0.2) is 0 Å². The van der Waals surface area contributed by atoms with Gasteiger partial charge in [0.25, 0.3) is 0 Å². The van der Waals surface area contributed by atoms with Crippen LogP contribution in [0.1, 0.15) is 23.0 Å². The van der Waals surface area contributed by atoms with Crippen molar-refractivity contribution in [2.24, 2.45) is 0 Å². The third-order valence-corrected chi connectivity index (χ3v) is 3.08. The lowest BCUT2D eigenvalue weighted by Crippen LogP contribution is -2.06. The molecule has 96 valence electrons. The van der Waals surface area contributed by atoms with E-state index in [-0.39, 0.29) is 5.97 Å². The van der Waals surface area contributed by atoms with Crippen LogP contribution >= 0.6 is 0 Å². The Morgan fingerprint density at radius 2 is 2.16 bits per heavy atom. The minimum Gasteiger partial charge on any atom is -0.462 e. The van der Waals surface area contributed by atoms with E-state index in [9.17, 15) is 4.79 Å². The lowest BCUT2D eigenvalue weighted by atomic mass is 10.1. The highest BCUT2D eigenvalue weighted by atomic mass is 16.5. The molecule has 3 rings (SSSR count). The van der Waals surface area contributed by atoms with Crippen molar-refractivity contribution >= 4 is 27.9 Å². The minimum atomic E-state index is -0.315. The van der Waals surface area contributed by atoms with Crippen molar-refractivity contribution in [3.05, 3.63) is 41.6 Å². The Morgan fingerprint density at radius 1 is 1.37 bits per heavy atom. The third-order valence-electron chi connectivity index (χ3n) is 3.08. The molecule has 1 N–H and O–H groups in total. The fraction of sp³-hybridized carbons (Fsp3) is 0.200. The van der Waals surface area contributed by atoms with Crippen molar-refractivity contribution < 1.29 is 9.53 Å². The molecule has 0 spiro atoms. The van der Waals surface area contributed by atoms with E-state index in [1.165, 1.54) is 0 Å². The molecule has 0 saturated carbocycles. The number of ether oxygens (including phenoxy) is 1. The Kier molecular flexibility index (Phi) is 2.71. The van der Waals surface area contributed by atoms with Gasteiger partial charge in [-0.25, -0.2) is 4.79 Å². The van der Waals surface area contributed by atoms with Gasteiger partial charge in [-0.15, -0.1) is 0 Å². The van der Waals surface area contributed by atoms with Crippen LogP contribution in [-0.2, 0) is 4.74 Å². The lowest BCUT2D eigenvalue weighted by molar-refractivity contribution is 0.0528. The number of rotatable bonds is 2. The van der Waals surface area contributed by atoms with Crippen molar-refractivity contribution in [1.29, 1.82) is 0 Å². The Bertz CT molecular complexity index is 774. The first-order valence-corrected chi connectivity index (χ1v) is 6.26. The fourth-order valence-corrected chi connectivity index (χ4v) is 2.30. The first-order valence-electron chi connectivity index (χ1n) is 6.26. The van der Waals surface area contributed by atoms with Crippen LogP contribution in [0.2, 0.25) is 0 Å². The second kappa shape index (κ2) is 4.39. The van der Waals surface area contributed by atoms with Crippen molar-refractivity contribution in [3.63, 3.8) is 0 Å². The standard InChI is InChI=1S/C15H14N2O2/c1-3-19-15(18)11-8-9(2)16-13-10-6-4-5-7-12(10)17-14(11)13/h4-8,17H,3H2,1-2H3. The number of pyridine rings is 1. The number of hydrogen-bond acceptors (Lipinski definition) is 3. The Balaban J connectivity index is 2.36. The minimum absolute atomic E-state index is 0.315. The van der Waals surface area contributed by atoms with E-state index < -0.39 is 0 Å². The summed E-state index contributed by atoms with van der Waals surface area (Å²) in [5.74, 6) is -0.315. The SMILES string of the molecule is CCOC(=O)c1cc(C)nc2c1[nH]c1ccccc12. The van der Waals surface area contributed by atoms with Crippen LogP contribution in [-0.4, -0.2) is 22.5 Å². The van der Waals surface area contributed by atoms with Gasteiger partial charge in [0, 0.05) is 16.6 Å². The molecule has 2 heterocycles. The number of carbonyl (C=O) groups excluding carboxylic acids is 1. The number of para-hydroxylation sites is 1. The Morgan fingerprint density at radius 3 is 2.95 bits per heavy atom.